The quantitative estimate of drug-likeness (QED) is 0.365. The summed E-state index contributed by atoms with van der Waals surface area (Å²) in [7, 11) is 1.53. The van der Waals surface area contributed by atoms with Crippen LogP contribution in [0.3, 0.4) is 0 Å². The first kappa shape index (κ1) is 18.9. The van der Waals surface area contributed by atoms with Crippen molar-refractivity contribution in [1.29, 1.82) is 0 Å². The van der Waals surface area contributed by atoms with Crippen molar-refractivity contribution >= 4 is 34.6 Å². The van der Waals surface area contributed by atoms with Crippen LogP contribution < -0.4 is 10.6 Å². The van der Waals surface area contributed by atoms with Crippen molar-refractivity contribution in [3.05, 3.63) is 42.7 Å². The standard InChI is InChI=1S/C18H18N4O4S/c1-25-10-8-19-18(24)21-15(23)11-27-17-12-5-2-3-6-13(12)20-16(22-17)14-7-4-9-26-14/h2-7,9H,8,10-11H2,1H3,(H2,19,21,23,24). The van der Waals surface area contributed by atoms with Crippen LogP contribution >= 0.6 is 11.8 Å². The maximum atomic E-state index is 12.0. The number of methoxy groups -OCH3 is 1. The number of urea groups is 1. The number of furan rings is 1. The lowest BCUT2D eigenvalue weighted by molar-refractivity contribution is -0.117. The summed E-state index contributed by atoms with van der Waals surface area (Å²) in [5.74, 6) is 0.608. The van der Waals surface area contributed by atoms with Crippen molar-refractivity contribution in [2.75, 3.05) is 26.0 Å². The van der Waals surface area contributed by atoms with Crippen LogP contribution in [0, 0.1) is 0 Å². The van der Waals surface area contributed by atoms with E-state index in [1.807, 2.05) is 24.3 Å². The topological polar surface area (TPSA) is 106 Å². The molecule has 0 saturated carbocycles. The molecule has 0 saturated heterocycles. The molecule has 27 heavy (non-hydrogen) atoms. The highest BCUT2D eigenvalue weighted by molar-refractivity contribution is 8.00. The first-order valence-electron chi connectivity index (χ1n) is 8.17. The largest absolute Gasteiger partial charge is 0.461 e. The summed E-state index contributed by atoms with van der Waals surface area (Å²) in [6, 6.07) is 10.5. The highest BCUT2D eigenvalue weighted by atomic mass is 32.2. The van der Waals surface area contributed by atoms with Crippen molar-refractivity contribution in [1.82, 2.24) is 20.6 Å². The van der Waals surface area contributed by atoms with Crippen LogP contribution in [0.25, 0.3) is 22.5 Å². The van der Waals surface area contributed by atoms with Crippen LogP contribution in [0.1, 0.15) is 0 Å². The summed E-state index contributed by atoms with van der Waals surface area (Å²) in [6.45, 7) is 0.699. The minimum Gasteiger partial charge on any atom is -0.461 e. The maximum Gasteiger partial charge on any atom is 0.321 e. The lowest BCUT2D eigenvalue weighted by atomic mass is 10.2. The highest BCUT2D eigenvalue weighted by Crippen LogP contribution is 2.28. The highest BCUT2D eigenvalue weighted by Gasteiger charge is 2.14. The van der Waals surface area contributed by atoms with Crippen LogP contribution in [0.5, 0.6) is 0 Å². The van der Waals surface area contributed by atoms with Crippen molar-refractivity contribution in [2.24, 2.45) is 0 Å². The Balaban J connectivity index is 1.70. The number of thioether (sulfide) groups is 1. The van der Waals surface area contributed by atoms with E-state index in [1.54, 1.807) is 18.4 Å². The third kappa shape index (κ3) is 5.05. The fourth-order valence-corrected chi connectivity index (χ4v) is 3.10. The van der Waals surface area contributed by atoms with E-state index >= 15 is 0 Å². The summed E-state index contributed by atoms with van der Waals surface area (Å²) in [5.41, 5.74) is 0.749. The molecule has 2 N–H and O–H groups in total. The first-order valence-corrected chi connectivity index (χ1v) is 9.16. The van der Waals surface area contributed by atoms with Gasteiger partial charge in [-0.15, -0.1) is 0 Å². The molecule has 0 aliphatic carbocycles. The average molecular weight is 386 g/mol. The number of ether oxygens (including phenoxy) is 1. The number of fused-ring (bicyclic) bond motifs is 1. The third-order valence-corrected chi connectivity index (χ3v) is 4.49. The predicted octanol–water partition coefficient (Wildman–Crippen LogP) is 2.45. The third-order valence-electron chi connectivity index (χ3n) is 3.49. The van der Waals surface area contributed by atoms with Gasteiger partial charge in [-0.2, -0.15) is 0 Å². The zero-order valence-electron chi connectivity index (χ0n) is 14.6. The van der Waals surface area contributed by atoms with E-state index in [4.69, 9.17) is 9.15 Å². The number of nitrogens with zero attached hydrogens (tertiary/aromatic N) is 2. The zero-order chi connectivity index (χ0) is 19.1. The van der Waals surface area contributed by atoms with Crippen LogP contribution in [-0.2, 0) is 9.53 Å². The number of carbonyl (C=O) groups excluding carboxylic acids is 2. The Morgan fingerprint density at radius 3 is 2.81 bits per heavy atom. The van der Waals surface area contributed by atoms with E-state index in [9.17, 15) is 9.59 Å². The van der Waals surface area contributed by atoms with Gasteiger partial charge in [0, 0.05) is 19.0 Å². The molecule has 0 atom stereocenters. The fourth-order valence-electron chi connectivity index (χ4n) is 2.28. The number of aromatic nitrogens is 2. The van der Waals surface area contributed by atoms with Gasteiger partial charge in [0.15, 0.2) is 11.6 Å². The molecule has 3 aromatic rings. The molecule has 3 amide bonds. The van der Waals surface area contributed by atoms with Crippen LogP contribution in [0.4, 0.5) is 4.79 Å². The molecule has 3 rings (SSSR count). The number of carbonyl (C=O) groups is 2. The molecule has 0 fully saturated rings. The van der Waals surface area contributed by atoms with Gasteiger partial charge in [-0.25, -0.2) is 14.8 Å². The average Bonchev–Trinajstić information content (AvgIpc) is 3.21. The van der Waals surface area contributed by atoms with Crippen molar-refractivity contribution in [3.8, 4) is 11.6 Å². The lowest BCUT2D eigenvalue weighted by Crippen LogP contribution is -2.41. The van der Waals surface area contributed by atoms with Gasteiger partial charge in [-0.1, -0.05) is 30.0 Å². The van der Waals surface area contributed by atoms with E-state index in [-0.39, 0.29) is 5.75 Å². The van der Waals surface area contributed by atoms with Gasteiger partial charge in [0.1, 0.15) is 5.03 Å². The summed E-state index contributed by atoms with van der Waals surface area (Å²) in [4.78, 5) is 32.7. The fraction of sp³-hybridized carbons (Fsp3) is 0.222. The Morgan fingerprint density at radius 2 is 2.04 bits per heavy atom. The molecule has 8 nitrogen and oxygen atoms in total. The SMILES string of the molecule is COCCNC(=O)NC(=O)CSc1nc(-c2ccco2)nc2ccccc12. The van der Waals surface area contributed by atoms with Gasteiger partial charge in [0.2, 0.25) is 5.91 Å². The Bertz CT molecular complexity index is 930. The van der Waals surface area contributed by atoms with Crippen molar-refractivity contribution < 1.29 is 18.7 Å². The lowest BCUT2D eigenvalue weighted by Gasteiger charge is -2.08. The van der Waals surface area contributed by atoms with E-state index in [0.29, 0.717) is 29.8 Å². The number of rotatable bonds is 7. The Labute approximate surface area is 159 Å². The number of imide groups is 1. The first-order chi connectivity index (χ1) is 13.2. The maximum absolute atomic E-state index is 12.0. The summed E-state index contributed by atoms with van der Waals surface area (Å²) in [5, 5.41) is 6.27. The van der Waals surface area contributed by atoms with E-state index in [1.165, 1.54) is 18.9 Å². The van der Waals surface area contributed by atoms with Gasteiger partial charge in [-0.3, -0.25) is 10.1 Å². The summed E-state index contributed by atoms with van der Waals surface area (Å²) < 4.78 is 10.2. The number of para-hydroxylation sites is 1. The molecule has 0 spiro atoms. The van der Waals surface area contributed by atoms with Gasteiger partial charge in [0.25, 0.3) is 0 Å². The number of amides is 3. The molecule has 1 aromatic carbocycles. The molecule has 2 aromatic heterocycles. The summed E-state index contributed by atoms with van der Waals surface area (Å²) >= 11 is 1.23. The number of hydrogen-bond acceptors (Lipinski definition) is 7. The Hall–Kier alpha value is -2.91. The molecule has 0 aliphatic rings. The second kappa shape index (κ2) is 9.15. The number of hydrogen-bond donors (Lipinski definition) is 2. The van der Waals surface area contributed by atoms with Gasteiger partial charge in [-0.05, 0) is 18.2 Å². The van der Waals surface area contributed by atoms with E-state index in [2.05, 4.69) is 20.6 Å². The minimum atomic E-state index is -0.554. The smallest absolute Gasteiger partial charge is 0.321 e. The molecule has 0 unspecified atom stereocenters. The minimum absolute atomic E-state index is 0.0380. The molecular weight excluding hydrogens is 368 g/mol. The number of benzene rings is 1. The second-order valence-corrected chi connectivity index (χ2v) is 6.40. The normalized spacial score (nSPS) is 10.7. The molecule has 9 heteroatoms. The van der Waals surface area contributed by atoms with Crippen molar-refractivity contribution in [2.45, 2.75) is 5.03 Å². The summed E-state index contributed by atoms with van der Waals surface area (Å²) in [6.07, 6.45) is 1.55. The van der Waals surface area contributed by atoms with Gasteiger partial charge < -0.3 is 14.5 Å². The Morgan fingerprint density at radius 1 is 1.19 bits per heavy atom. The number of nitrogens with one attached hydrogen (secondary N) is 2. The molecule has 140 valence electrons. The van der Waals surface area contributed by atoms with Crippen molar-refractivity contribution in [3.63, 3.8) is 0 Å². The molecular formula is C18H18N4O4S. The van der Waals surface area contributed by atoms with E-state index < -0.39 is 11.9 Å². The van der Waals surface area contributed by atoms with E-state index in [0.717, 1.165) is 10.9 Å². The Kier molecular flexibility index (Phi) is 6.39. The van der Waals surface area contributed by atoms with Crippen LogP contribution in [0.15, 0.2) is 52.1 Å². The van der Waals surface area contributed by atoms with Gasteiger partial charge >= 0.3 is 6.03 Å². The molecule has 2 heterocycles. The zero-order valence-corrected chi connectivity index (χ0v) is 15.4. The molecule has 0 bridgehead atoms. The molecule has 0 aliphatic heterocycles. The van der Waals surface area contributed by atoms with Crippen LogP contribution in [-0.4, -0.2) is 47.9 Å². The van der Waals surface area contributed by atoms with Crippen LogP contribution in [0.2, 0.25) is 0 Å². The second-order valence-electron chi connectivity index (χ2n) is 5.43. The molecule has 0 radical (unpaired) electrons. The van der Waals surface area contributed by atoms with Gasteiger partial charge in [0.05, 0.1) is 24.1 Å². The predicted molar refractivity (Wildman–Crippen MR) is 101 cm³/mol. The monoisotopic (exact) mass is 386 g/mol.